The standard InChI is InChI=1S/C14H23N3O2/c1-11-5-3-4-6-12(11)19-10-9-16-14-15-8-7-13(17-14)18-2/h7-8,11-12H,3-6,9-10H2,1-2H3,(H,15,16,17). The zero-order chi connectivity index (χ0) is 13.5. The van der Waals surface area contributed by atoms with E-state index in [-0.39, 0.29) is 0 Å². The lowest BCUT2D eigenvalue weighted by Gasteiger charge is -2.28. The summed E-state index contributed by atoms with van der Waals surface area (Å²) in [6.07, 6.45) is 7.21. The topological polar surface area (TPSA) is 56.3 Å². The van der Waals surface area contributed by atoms with Gasteiger partial charge in [-0.25, -0.2) is 4.98 Å². The summed E-state index contributed by atoms with van der Waals surface area (Å²) in [7, 11) is 1.60. The number of nitrogens with one attached hydrogen (secondary N) is 1. The summed E-state index contributed by atoms with van der Waals surface area (Å²) in [5, 5.41) is 3.15. The average Bonchev–Trinajstić information content (AvgIpc) is 2.45. The van der Waals surface area contributed by atoms with E-state index in [4.69, 9.17) is 9.47 Å². The van der Waals surface area contributed by atoms with Crippen molar-refractivity contribution >= 4 is 5.95 Å². The first-order chi connectivity index (χ1) is 9.29. The first kappa shape index (κ1) is 14.1. The van der Waals surface area contributed by atoms with Crippen molar-refractivity contribution in [1.82, 2.24) is 9.97 Å². The van der Waals surface area contributed by atoms with Gasteiger partial charge in [-0.3, -0.25) is 0 Å². The summed E-state index contributed by atoms with van der Waals surface area (Å²) < 4.78 is 11.0. The molecular weight excluding hydrogens is 242 g/mol. The third-order valence-corrected chi connectivity index (χ3v) is 3.59. The Hall–Kier alpha value is -1.36. The molecule has 1 fully saturated rings. The van der Waals surface area contributed by atoms with E-state index in [1.165, 1.54) is 25.7 Å². The lowest BCUT2D eigenvalue weighted by molar-refractivity contribution is 0.000348. The highest BCUT2D eigenvalue weighted by Crippen LogP contribution is 2.26. The Morgan fingerprint density at radius 3 is 3.00 bits per heavy atom. The van der Waals surface area contributed by atoms with Crippen LogP contribution in [0.3, 0.4) is 0 Å². The minimum Gasteiger partial charge on any atom is -0.481 e. The molecule has 1 N–H and O–H groups in total. The molecule has 5 nitrogen and oxygen atoms in total. The van der Waals surface area contributed by atoms with Crippen LogP contribution >= 0.6 is 0 Å². The molecule has 2 atom stereocenters. The van der Waals surface area contributed by atoms with Crippen LogP contribution in [-0.2, 0) is 4.74 Å². The molecule has 2 rings (SSSR count). The van der Waals surface area contributed by atoms with Crippen molar-refractivity contribution in [3.63, 3.8) is 0 Å². The molecule has 5 heteroatoms. The number of methoxy groups -OCH3 is 1. The van der Waals surface area contributed by atoms with Crippen LogP contribution in [0.1, 0.15) is 32.6 Å². The Morgan fingerprint density at radius 1 is 1.37 bits per heavy atom. The average molecular weight is 265 g/mol. The summed E-state index contributed by atoms with van der Waals surface area (Å²) in [6.45, 7) is 3.69. The van der Waals surface area contributed by atoms with Crippen LogP contribution in [0.2, 0.25) is 0 Å². The number of ether oxygens (including phenoxy) is 2. The second kappa shape index (κ2) is 7.28. The van der Waals surface area contributed by atoms with Gasteiger partial charge < -0.3 is 14.8 Å². The van der Waals surface area contributed by atoms with Gasteiger partial charge in [0.05, 0.1) is 19.8 Å². The van der Waals surface area contributed by atoms with Crippen LogP contribution < -0.4 is 10.1 Å². The second-order valence-corrected chi connectivity index (χ2v) is 5.02. The van der Waals surface area contributed by atoms with E-state index in [0.29, 0.717) is 30.5 Å². The first-order valence-electron chi connectivity index (χ1n) is 7.02. The third-order valence-electron chi connectivity index (χ3n) is 3.59. The van der Waals surface area contributed by atoms with Crippen LogP contribution in [0.15, 0.2) is 12.3 Å². The first-order valence-corrected chi connectivity index (χ1v) is 7.02. The second-order valence-electron chi connectivity index (χ2n) is 5.02. The number of nitrogens with zero attached hydrogens (tertiary/aromatic N) is 2. The van der Waals surface area contributed by atoms with Crippen molar-refractivity contribution in [2.45, 2.75) is 38.7 Å². The van der Waals surface area contributed by atoms with E-state index in [1.807, 2.05) is 0 Å². The Labute approximate surface area is 114 Å². The molecular formula is C14H23N3O2. The van der Waals surface area contributed by atoms with Crippen molar-refractivity contribution in [2.75, 3.05) is 25.6 Å². The van der Waals surface area contributed by atoms with E-state index >= 15 is 0 Å². The van der Waals surface area contributed by atoms with Crippen molar-refractivity contribution in [3.8, 4) is 5.88 Å². The molecule has 2 unspecified atom stereocenters. The fourth-order valence-corrected chi connectivity index (χ4v) is 2.44. The third kappa shape index (κ3) is 4.35. The van der Waals surface area contributed by atoms with Gasteiger partial charge in [-0.1, -0.05) is 19.8 Å². The highest BCUT2D eigenvalue weighted by molar-refractivity contribution is 5.27. The number of aromatic nitrogens is 2. The summed E-state index contributed by atoms with van der Waals surface area (Å²) >= 11 is 0. The summed E-state index contributed by atoms with van der Waals surface area (Å²) in [5.41, 5.74) is 0. The molecule has 0 bridgehead atoms. The maximum atomic E-state index is 5.92. The Balaban J connectivity index is 1.68. The molecule has 0 aromatic carbocycles. The van der Waals surface area contributed by atoms with Crippen LogP contribution in [0.4, 0.5) is 5.95 Å². The lowest BCUT2D eigenvalue weighted by atomic mass is 9.88. The molecule has 106 valence electrons. The van der Waals surface area contributed by atoms with Crippen LogP contribution in [0.25, 0.3) is 0 Å². The van der Waals surface area contributed by atoms with E-state index < -0.39 is 0 Å². The summed E-state index contributed by atoms with van der Waals surface area (Å²) in [5.74, 6) is 1.83. The Morgan fingerprint density at radius 2 is 2.21 bits per heavy atom. The fourth-order valence-electron chi connectivity index (χ4n) is 2.44. The van der Waals surface area contributed by atoms with Gasteiger partial charge in [0.2, 0.25) is 11.8 Å². The zero-order valence-electron chi connectivity index (χ0n) is 11.8. The molecule has 1 saturated carbocycles. The minimum absolute atomic E-state index is 0.418. The normalized spacial score (nSPS) is 23.1. The van der Waals surface area contributed by atoms with Gasteiger partial charge >= 0.3 is 0 Å². The van der Waals surface area contributed by atoms with E-state index in [9.17, 15) is 0 Å². The van der Waals surface area contributed by atoms with E-state index in [0.717, 1.165) is 6.54 Å². The Kier molecular flexibility index (Phi) is 5.39. The molecule has 0 amide bonds. The van der Waals surface area contributed by atoms with Gasteiger partial charge in [0.25, 0.3) is 0 Å². The van der Waals surface area contributed by atoms with Gasteiger partial charge in [-0.2, -0.15) is 4.98 Å². The Bertz CT molecular complexity index is 387. The van der Waals surface area contributed by atoms with Gasteiger partial charge in [-0.15, -0.1) is 0 Å². The molecule has 0 aliphatic heterocycles. The predicted molar refractivity (Wildman–Crippen MR) is 74.4 cm³/mol. The van der Waals surface area contributed by atoms with Crippen molar-refractivity contribution in [3.05, 3.63) is 12.3 Å². The molecule has 0 spiro atoms. The van der Waals surface area contributed by atoms with Crippen molar-refractivity contribution in [2.24, 2.45) is 5.92 Å². The molecule has 1 aliphatic rings. The fraction of sp³-hybridized carbons (Fsp3) is 0.714. The van der Waals surface area contributed by atoms with Crippen molar-refractivity contribution < 1.29 is 9.47 Å². The van der Waals surface area contributed by atoms with Crippen LogP contribution in [0.5, 0.6) is 5.88 Å². The van der Waals surface area contributed by atoms with Crippen LogP contribution in [-0.4, -0.2) is 36.3 Å². The SMILES string of the molecule is COc1ccnc(NCCOC2CCCCC2C)n1. The highest BCUT2D eigenvalue weighted by atomic mass is 16.5. The predicted octanol–water partition coefficient (Wildman–Crippen LogP) is 2.49. The number of hydrogen-bond acceptors (Lipinski definition) is 5. The monoisotopic (exact) mass is 265 g/mol. The van der Waals surface area contributed by atoms with Crippen molar-refractivity contribution in [1.29, 1.82) is 0 Å². The maximum Gasteiger partial charge on any atom is 0.226 e. The van der Waals surface area contributed by atoms with Gasteiger partial charge in [0.15, 0.2) is 0 Å². The quantitative estimate of drug-likeness (QED) is 0.801. The molecule has 1 aromatic rings. The number of hydrogen-bond donors (Lipinski definition) is 1. The summed E-state index contributed by atoms with van der Waals surface area (Å²) in [4.78, 5) is 8.32. The lowest BCUT2D eigenvalue weighted by Crippen LogP contribution is -2.27. The van der Waals surface area contributed by atoms with Gasteiger partial charge in [0.1, 0.15) is 0 Å². The van der Waals surface area contributed by atoms with Crippen LogP contribution in [0, 0.1) is 5.92 Å². The van der Waals surface area contributed by atoms with Gasteiger partial charge in [0, 0.05) is 18.8 Å². The molecule has 1 heterocycles. The minimum atomic E-state index is 0.418. The molecule has 1 aromatic heterocycles. The smallest absolute Gasteiger partial charge is 0.226 e. The highest BCUT2D eigenvalue weighted by Gasteiger charge is 2.21. The molecule has 19 heavy (non-hydrogen) atoms. The maximum absolute atomic E-state index is 5.92. The molecule has 0 radical (unpaired) electrons. The molecule has 0 saturated heterocycles. The number of rotatable bonds is 6. The number of anilines is 1. The van der Waals surface area contributed by atoms with E-state index in [2.05, 4.69) is 22.2 Å². The molecule has 1 aliphatic carbocycles. The summed E-state index contributed by atoms with van der Waals surface area (Å²) in [6, 6.07) is 1.73. The zero-order valence-corrected chi connectivity index (χ0v) is 11.8. The largest absolute Gasteiger partial charge is 0.481 e. The van der Waals surface area contributed by atoms with Gasteiger partial charge in [-0.05, 0) is 18.8 Å². The van der Waals surface area contributed by atoms with E-state index in [1.54, 1.807) is 19.4 Å².